The molecule has 7 nitrogen and oxygen atoms in total. The van der Waals surface area contributed by atoms with Crippen molar-refractivity contribution in [3.8, 4) is 0 Å². The zero-order chi connectivity index (χ0) is 18.7. The number of benzene rings is 1. The zero-order valence-corrected chi connectivity index (χ0v) is 14.2. The van der Waals surface area contributed by atoms with E-state index in [1.807, 2.05) is 0 Å². The van der Waals surface area contributed by atoms with E-state index in [2.05, 4.69) is 10.3 Å². The van der Waals surface area contributed by atoms with E-state index in [1.165, 1.54) is 23.2 Å². The van der Waals surface area contributed by atoms with Gasteiger partial charge in [-0.2, -0.15) is 0 Å². The van der Waals surface area contributed by atoms with Crippen molar-refractivity contribution in [3.05, 3.63) is 59.0 Å². The SMILES string of the molecule is O=C(NCc1cc(F)cc(Cl)c1)O[C@]1(O)CCN(c2ccccn2)C1=O. The number of carbonyl (C=O) groups excluding carboxylic acids is 2. The van der Waals surface area contributed by atoms with Crippen molar-refractivity contribution >= 4 is 29.4 Å². The average molecular weight is 380 g/mol. The van der Waals surface area contributed by atoms with Gasteiger partial charge in [0.2, 0.25) is 0 Å². The molecular weight excluding hydrogens is 365 g/mol. The molecule has 2 aromatic rings. The van der Waals surface area contributed by atoms with Gasteiger partial charge in [0.1, 0.15) is 11.6 Å². The molecule has 1 aliphatic rings. The van der Waals surface area contributed by atoms with Crippen LogP contribution in [0.3, 0.4) is 0 Å². The number of hydrogen-bond acceptors (Lipinski definition) is 5. The van der Waals surface area contributed by atoms with Crippen molar-refractivity contribution in [2.45, 2.75) is 18.8 Å². The number of hydrogen-bond donors (Lipinski definition) is 2. The van der Waals surface area contributed by atoms with Crippen LogP contribution in [-0.4, -0.2) is 34.4 Å². The first-order chi connectivity index (χ1) is 12.4. The Morgan fingerprint density at radius 1 is 1.42 bits per heavy atom. The van der Waals surface area contributed by atoms with E-state index < -0.39 is 23.6 Å². The maximum Gasteiger partial charge on any atom is 0.410 e. The van der Waals surface area contributed by atoms with Gasteiger partial charge in [0, 0.05) is 30.7 Å². The molecule has 0 unspecified atom stereocenters. The van der Waals surface area contributed by atoms with Gasteiger partial charge in [0.15, 0.2) is 0 Å². The Labute approximate surface area is 153 Å². The number of carbonyl (C=O) groups is 2. The van der Waals surface area contributed by atoms with Crippen LogP contribution < -0.4 is 10.2 Å². The molecule has 0 radical (unpaired) electrons. The highest BCUT2D eigenvalue weighted by Gasteiger charge is 2.50. The van der Waals surface area contributed by atoms with Crippen LogP contribution in [0.2, 0.25) is 5.02 Å². The molecule has 26 heavy (non-hydrogen) atoms. The Morgan fingerprint density at radius 3 is 2.92 bits per heavy atom. The van der Waals surface area contributed by atoms with E-state index in [4.69, 9.17) is 16.3 Å². The van der Waals surface area contributed by atoms with Gasteiger partial charge in [0.25, 0.3) is 5.79 Å². The van der Waals surface area contributed by atoms with E-state index in [9.17, 15) is 19.1 Å². The number of aliphatic hydroxyl groups is 1. The van der Waals surface area contributed by atoms with Crippen molar-refractivity contribution in [1.29, 1.82) is 0 Å². The number of ether oxygens (including phenoxy) is 1. The van der Waals surface area contributed by atoms with Crippen LogP contribution in [0, 0.1) is 5.82 Å². The molecule has 1 aromatic carbocycles. The Bertz CT molecular complexity index is 816. The molecule has 1 saturated heterocycles. The van der Waals surface area contributed by atoms with E-state index in [0.717, 1.165) is 6.07 Å². The van der Waals surface area contributed by atoms with Crippen LogP contribution in [0.4, 0.5) is 15.0 Å². The zero-order valence-electron chi connectivity index (χ0n) is 13.5. The third kappa shape index (κ3) is 3.92. The summed E-state index contributed by atoms with van der Waals surface area (Å²) < 4.78 is 18.2. The predicted molar refractivity (Wildman–Crippen MR) is 90.9 cm³/mol. The lowest BCUT2D eigenvalue weighted by molar-refractivity contribution is -0.175. The van der Waals surface area contributed by atoms with Crippen molar-refractivity contribution in [2.24, 2.45) is 0 Å². The molecule has 1 atom stereocenters. The Kier molecular flexibility index (Phi) is 5.06. The van der Waals surface area contributed by atoms with Gasteiger partial charge in [-0.1, -0.05) is 17.7 Å². The van der Waals surface area contributed by atoms with Gasteiger partial charge in [0.05, 0.1) is 0 Å². The molecule has 2 amide bonds. The molecule has 2 N–H and O–H groups in total. The number of aromatic nitrogens is 1. The first-order valence-electron chi connectivity index (χ1n) is 7.74. The van der Waals surface area contributed by atoms with Crippen LogP contribution in [0.5, 0.6) is 0 Å². The highest BCUT2D eigenvalue weighted by atomic mass is 35.5. The van der Waals surface area contributed by atoms with Gasteiger partial charge in [-0.25, -0.2) is 14.2 Å². The molecule has 136 valence electrons. The second-order valence-electron chi connectivity index (χ2n) is 5.70. The number of nitrogens with one attached hydrogen (secondary N) is 1. The number of anilines is 1. The third-order valence-corrected chi connectivity index (χ3v) is 4.02. The molecule has 9 heteroatoms. The summed E-state index contributed by atoms with van der Waals surface area (Å²) in [6.45, 7) is 0.0731. The van der Waals surface area contributed by atoms with Crippen LogP contribution >= 0.6 is 11.6 Å². The minimum absolute atomic E-state index is 0.0788. The summed E-state index contributed by atoms with van der Waals surface area (Å²) in [6.07, 6.45) is 0.406. The fourth-order valence-corrected chi connectivity index (χ4v) is 2.83. The number of rotatable bonds is 4. The highest BCUT2D eigenvalue weighted by molar-refractivity contribution is 6.30. The van der Waals surface area contributed by atoms with E-state index >= 15 is 0 Å². The molecule has 1 aromatic heterocycles. The van der Waals surface area contributed by atoms with Gasteiger partial charge in [-0.05, 0) is 35.9 Å². The highest BCUT2D eigenvalue weighted by Crippen LogP contribution is 2.28. The number of amides is 2. The maximum absolute atomic E-state index is 13.3. The summed E-state index contributed by atoms with van der Waals surface area (Å²) in [5.74, 6) is -3.24. The summed E-state index contributed by atoms with van der Waals surface area (Å²) >= 11 is 5.74. The fraction of sp³-hybridized carbons (Fsp3) is 0.235. The minimum atomic E-state index is -2.28. The van der Waals surface area contributed by atoms with Crippen molar-refractivity contribution in [1.82, 2.24) is 10.3 Å². The molecular formula is C17H15ClFN3O4. The summed E-state index contributed by atoms with van der Waals surface area (Å²) in [4.78, 5) is 29.6. The monoisotopic (exact) mass is 379 g/mol. The van der Waals surface area contributed by atoms with Crippen LogP contribution in [0.25, 0.3) is 0 Å². The minimum Gasteiger partial charge on any atom is -0.407 e. The maximum atomic E-state index is 13.3. The normalized spacial score (nSPS) is 19.5. The van der Waals surface area contributed by atoms with Crippen LogP contribution in [0.1, 0.15) is 12.0 Å². The lowest BCUT2D eigenvalue weighted by Gasteiger charge is -2.22. The second-order valence-corrected chi connectivity index (χ2v) is 6.14. The molecule has 0 aliphatic carbocycles. The number of halogens is 2. The fourth-order valence-electron chi connectivity index (χ4n) is 2.59. The number of pyridine rings is 1. The van der Waals surface area contributed by atoms with Crippen LogP contribution in [-0.2, 0) is 16.1 Å². The topological polar surface area (TPSA) is 91.8 Å². The second kappa shape index (κ2) is 7.27. The molecule has 1 aliphatic heterocycles. The third-order valence-electron chi connectivity index (χ3n) is 3.80. The quantitative estimate of drug-likeness (QED) is 0.795. The Hall–Kier alpha value is -2.71. The molecule has 0 spiro atoms. The summed E-state index contributed by atoms with van der Waals surface area (Å²) in [7, 11) is 0. The van der Waals surface area contributed by atoms with Crippen LogP contribution in [0.15, 0.2) is 42.6 Å². The van der Waals surface area contributed by atoms with Crippen molar-refractivity contribution in [3.63, 3.8) is 0 Å². The molecule has 3 rings (SSSR count). The van der Waals surface area contributed by atoms with E-state index in [-0.39, 0.29) is 24.5 Å². The smallest absolute Gasteiger partial charge is 0.407 e. The van der Waals surface area contributed by atoms with Gasteiger partial charge < -0.3 is 15.2 Å². The molecule has 0 bridgehead atoms. The number of alkyl carbamates (subject to hydrolysis) is 1. The Morgan fingerprint density at radius 2 is 2.23 bits per heavy atom. The Balaban J connectivity index is 1.61. The van der Waals surface area contributed by atoms with Crippen molar-refractivity contribution < 1.29 is 23.8 Å². The van der Waals surface area contributed by atoms with E-state index in [0.29, 0.717) is 11.4 Å². The molecule has 2 heterocycles. The average Bonchev–Trinajstić information content (AvgIpc) is 2.88. The largest absolute Gasteiger partial charge is 0.410 e. The standard InChI is InChI=1S/C17H15ClFN3O4/c18-12-7-11(8-13(19)9-12)10-21-16(24)26-17(25)4-6-22(15(17)23)14-3-1-2-5-20-14/h1-3,5,7-9,25H,4,6,10H2,(H,21,24)/t17-/m1/s1. The van der Waals surface area contributed by atoms with Gasteiger partial charge in [-0.15, -0.1) is 0 Å². The van der Waals surface area contributed by atoms with Gasteiger partial charge >= 0.3 is 12.0 Å². The number of nitrogens with zero attached hydrogens (tertiary/aromatic N) is 2. The molecule has 1 fully saturated rings. The first kappa shape index (κ1) is 18.1. The lowest BCUT2D eigenvalue weighted by Crippen LogP contribution is -2.46. The summed E-state index contributed by atoms with van der Waals surface area (Å²) in [5.41, 5.74) is 0.409. The lowest BCUT2D eigenvalue weighted by atomic mass is 10.2. The predicted octanol–water partition coefficient (Wildman–Crippen LogP) is 2.23. The van der Waals surface area contributed by atoms with Gasteiger partial charge in [-0.3, -0.25) is 9.69 Å². The first-order valence-corrected chi connectivity index (χ1v) is 8.12. The summed E-state index contributed by atoms with van der Waals surface area (Å²) in [6, 6.07) is 8.81. The van der Waals surface area contributed by atoms with Crippen molar-refractivity contribution in [2.75, 3.05) is 11.4 Å². The molecule has 0 saturated carbocycles. The summed E-state index contributed by atoms with van der Waals surface area (Å²) in [5, 5.41) is 12.9. The van der Waals surface area contributed by atoms with E-state index in [1.54, 1.807) is 18.2 Å².